The van der Waals surface area contributed by atoms with Crippen molar-refractivity contribution in [3.8, 4) is 0 Å². The monoisotopic (exact) mass is 317 g/mol. The van der Waals surface area contributed by atoms with Gasteiger partial charge in [0.25, 0.3) is 0 Å². The summed E-state index contributed by atoms with van der Waals surface area (Å²) in [6.07, 6.45) is 9.34. The van der Waals surface area contributed by atoms with Crippen molar-refractivity contribution in [3.63, 3.8) is 0 Å². The van der Waals surface area contributed by atoms with Gasteiger partial charge >= 0.3 is 5.96 Å². The van der Waals surface area contributed by atoms with E-state index in [1.54, 1.807) is 0 Å². The molecule has 5 heteroatoms. The summed E-state index contributed by atoms with van der Waals surface area (Å²) in [6, 6.07) is 0.486. The highest BCUT2D eigenvalue weighted by atomic mass is 16.1. The summed E-state index contributed by atoms with van der Waals surface area (Å²) in [5, 5.41) is 6.56. The maximum absolute atomic E-state index is 11.8. The molecule has 5 nitrogen and oxygen atoms in total. The number of nitrogens with zero attached hydrogens (tertiary/aromatic N) is 2. The van der Waals surface area contributed by atoms with Crippen molar-refractivity contribution in [1.29, 1.82) is 0 Å². The van der Waals surface area contributed by atoms with E-state index in [0.717, 1.165) is 44.7 Å². The predicted molar refractivity (Wildman–Crippen MR) is 94.0 cm³/mol. The van der Waals surface area contributed by atoms with E-state index in [0.29, 0.717) is 18.4 Å². The molecular formula is C18H29N4O+. The molecule has 1 saturated heterocycles. The molecule has 1 aliphatic carbocycles. The number of amides is 1. The second-order valence-corrected chi connectivity index (χ2v) is 7.03. The molecule has 0 aromatic rings. The maximum Gasteiger partial charge on any atom is 0.445 e. The lowest BCUT2D eigenvalue weighted by Crippen LogP contribution is -2.48. The molecule has 0 atom stereocenters. The SMILES string of the molecule is CCC1=C(C)C=[N+]=C(N2CCC(CCC(=O)NC3CC3)CC2)N1. The summed E-state index contributed by atoms with van der Waals surface area (Å²) < 4.78 is 4.56. The smallest absolute Gasteiger partial charge is 0.353 e. The van der Waals surface area contributed by atoms with Gasteiger partial charge in [-0.15, -0.1) is 0 Å². The van der Waals surface area contributed by atoms with E-state index in [1.165, 1.54) is 24.1 Å². The van der Waals surface area contributed by atoms with Crippen molar-refractivity contribution in [2.24, 2.45) is 5.92 Å². The van der Waals surface area contributed by atoms with Crippen LogP contribution in [-0.2, 0) is 4.79 Å². The highest BCUT2D eigenvalue weighted by Gasteiger charge is 2.30. The number of hydrogen-bond acceptors (Lipinski definition) is 3. The molecule has 3 rings (SSSR count). The minimum Gasteiger partial charge on any atom is -0.353 e. The largest absolute Gasteiger partial charge is 0.445 e. The first-order valence-electron chi connectivity index (χ1n) is 9.07. The highest BCUT2D eigenvalue weighted by molar-refractivity contribution is 5.92. The lowest BCUT2D eigenvalue weighted by molar-refractivity contribution is -0.121. The average Bonchev–Trinajstić information content (AvgIpc) is 3.38. The molecule has 126 valence electrons. The molecule has 0 unspecified atom stereocenters. The maximum atomic E-state index is 11.8. The predicted octanol–water partition coefficient (Wildman–Crippen LogP) is 1.54. The van der Waals surface area contributed by atoms with Crippen LogP contribution in [0.5, 0.6) is 0 Å². The van der Waals surface area contributed by atoms with E-state index < -0.39 is 0 Å². The summed E-state index contributed by atoms with van der Waals surface area (Å²) in [7, 11) is 0. The fourth-order valence-corrected chi connectivity index (χ4v) is 3.33. The van der Waals surface area contributed by atoms with Gasteiger partial charge < -0.3 is 5.32 Å². The standard InChI is InChI=1S/C18H28N4O/c1-3-16-13(2)12-19-18(21-16)22-10-8-14(9-11-22)4-7-17(23)20-15-5-6-15/h12,14-15H,3-11H2,1-2H3,(H,20,23)/p+1. The quantitative estimate of drug-likeness (QED) is 0.756. The van der Waals surface area contributed by atoms with E-state index in [4.69, 9.17) is 0 Å². The van der Waals surface area contributed by atoms with Crippen molar-refractivity contribution >= 4 is 18.1 Å². The third-order valence-corrected chi connectivity index (χ3v) is 5.11. The molecule has 2 heterocycles. The van der Waals surface area contributed by atoms with E-state index in [9.17, 15) is 4.79 Å². The van der Waals surface area contributed by atoms with E-state index in [-0.39, 0.29) is 5.91 Å². The number of piperidine rings is 1. The Morgan fingerprint density at radius 3 is 2.74 bits per heavy atom. The molecule has 0 spiro atoms. The van der Waals surface area contributed by atoms with Crippen LogP contribution in [0.2, 0.25) is 0 Å². The zero-order valence-electron chi connectivity index (χ0n) is 14.4. The van der Waals surface area contributed by atoms with Gasteiger partial charge in [0.2, 0.25) is 5.91 Å². The van der Waals surface area contributed by atoms with Crippen LogP contribution in [0.25, 0.3) is 0 Å². The number of carbonyl (C=O) groups excluding carboxylic acids is 1. The Morgan fingerprint density at radius 2 is 2.09 bits per heavy atom. The first kappa shape index (κ1) is 16.1. The second-order valence-electron chi connectivity index (χ2n) is 7.03. The summed E-state index contributed by atoms with van der Waals surface area (Å²) in [5.74, 6) is 1.92. The molecule has 0 aromatic carbocycles. The second kappa shape index (κ2) is 7.22. The Balaban J connectivity index is 1.42. The van der Waals surface area contributed by atoms with E-state index >= 15 is 0 Å². The molecule has 0 bridgehead atoms. The van der Waals surface area contributed by atoms with Gasteiger partial charge in [0.15, 0.2) is 6.21 Å². The van der Waals surface area contributed by atoms with Crippen LogP contribution in [0, 0.1) is 5.92 Å². The third kappa shape index (κ3) is 4.38. The number of likely N-dealkylation sites (tertiary alicyclic amines) is 1. The fraction of sp³-hybridized carbons (Fsp3) is 0.722. The molecular weight excluding hydrogens is 288 g/mol. The molecule has 1 saturated carbocycles. The zero-order chi connectivity index (χ0) is 16.2. The van der Waals surface area contributed by atoms with Gasteiger partial charge in [0.05, 0.1) is 18.8 Å². The number of hydrogen-bond donors (Lipinski definition) is 2. The summed E-state index contributed by atoms with van der Waals surface area (Å²) in [6.45, 7) is 6.34. The van der Waals surface area contributed by atoms with Crippen LogP contribution in [-0.4, -0.2) is 42.1 Å². The average molecular weight is 317 g/mol. The number of nitrogens with one attached hydrogen (secondary N) is 2. The highest BCUT2D eigenvalue weighted by Crippen LogP contribution is 2.23. The third-order valence-electron chi connectivity index (χ3n) is 5.11. The van der Waals surface area contributed by atoms with Gasteiger partial charge in [0.1, 0.15) is 0 Å². The summed E-state index contributed by atoms with van der Waals surface area (Å²) in [4.78, 5) is 14.1. The lowest BCUT2D eigenvalue weighted by Gasteiger charge is -2.28. The lowest BCUT2D eigenvalue weighted by atomic mass is 9.92. The minimum atomic E-state index is 0.246. The first-order chi connectivity index (χ1) is 11.2. The van der Waals surface area contributed by atoms with Gasteiger partial charge in [-0.25, -0.2) is 9.98 Å². The van der Waals surface area contributed by atoms with Crippen molar-refractivity contribution < 1.29 is 4.79 Å². The van der Waals surface area contributed by atoms with Gasteiger partial charge in [-0.2, -0.15) is 0 Å². The number of allylic oxidation sites excluding steroid dienone is 2. The number of guanidine groups is 1. The molecule has 2 N–H and O–H groups in total. The minimum absolute atomic E-state index is 0.246. The Hall–Kier alpha value is -1.74. The first-order valence-corrected chi connectivity index (χ1v) is 9.07. The fourth-order valence-electron chi connectivity index (χ4n) is 3.33. The van der Waals surface area contributed by atoms with E-state index in [1.807, 2.05) is 6.21 Å². The van der Waals surface area contributed by atoms with Crippen LogP contribution in [0.4, 0.5) is 0 Å². The van der Waals surface area contributed by atoms with Crippen LogP contribution >= 0.6 is 0 Å². The number of rotatable bonds is 5. The molecule has 2 aliphatic heterocycles. The van der Waals surface area contributed by atoms with E-state index in [2.05, 4.69) is 34.0 Å². The molecule has 23 heavy (non-hydrogen) atoms. The summed E-state index contributed by atoms with van der Waals surface area (Å²) >= 11 is 0. The topological polar surface area (TPSA) is 58.5 Å². The van der Waals surface area contributed by atoms with Gasteiger partial charge in [-0.3, -0.25) is 9.69 Å². The molecule has 0 aromatic heterocycles. The van der Waals surface area contributed by atoms with Crippen molar-refractivity contribution in [1.82, 2.24) is 20.2 Å². The molecule has 2 fully saturated rings. The Kier molecular flexibility index (Phi) is 5.06. The van der Waals surface area contributed by atoms with Crippen molar-refractivity contribution in [2.75, 3.05) is 13.1 Å². The van der Waals surface area contributed by atoms with Crippen LogP contribution < -0.4 is 15.3 Å². The Bertz CT molecular complexity index is 547. The van der Waals surface area contributed by atoms with Gasteiger partial charge in [-0.05, 0) is 51.4 Å². The van der Waals surface area contributed by atoms with Gasteiger partial charge in [0, 0.05) is 18.0 Å². The van der Waals surface area contributed by atoms with Crippen LogP contribution in [0.3, 0.4) is 0 Å². The zero-order valence-corrected chi connectivity index (χ0v) is 14.4. The van der Waals surface area contributed by atoms with Gasteiger partial charge in [-0.1, -0.05) is 6.92 Å². The molecule has 0 radical (unpaired) electrons. The molecule has 1 amide bonds. The number of carbonyl (C=O) groups is 1. The van der Waals surface area contributed by atoms with Crippen molar-refractivity contribution in [3.05, 3.63) is 11.3 Å². The Morgan fingerprint density at radius 1 is 1.35 bits per heavy atom. The van der Waals surface area contributed by atoms with Crippen LogP contribution in [0.1, 0.15) is 58.8 Å². The van der Waals surface area contributed by atoms with Crippen molar-refractivity contribution in [2.45, 2.75) is 64.8 Å². The normalized spacial score (nSPS) is 22.0. The molecule has 3 aliphatic rings. The van der Waals surface area contributed by atoms with Crippen LogP contribution in [0.15, 0.2) is 11.3 Å². The summed E-state index contributed by atoms with van der Waals surface area (Å²) in [5.41, 5.74) is 2.50. The Labute approximate surface area is 138 Å².